The van der Waals surface area contributed by atoms with Gasteiger partial charge < -0.3 is 10.6 Å². The van der Waals surface area contributed by atoms with E-state index < -0.39 is 0 Å². The number of rotatable bonds is 4. The predicted molar refractivity (Wildman–Crippen MR) is 89.8 cm³/mol. The summed E-state index contributed by atoms with van der Waals surface area (Å²) in [5.74, 6) is -0.192. The van der Waals surface area contributed by atoms with E-state index in [9.17, 15) is 4.79 Å². The minimum Gasteiger partial charge on any atom is -0.376 e. The highest BCUT2D eigenvalue weighted by Gasteiger charge is 2.05. The molecule has 0 saturated heterocycles. The van der Waals surface area contributed by atoms with Crippen LogP contribution in [0.3, 0.4) is 0 Å². The van der Waals surface area contributed by atoms with Crippen molar-refractivity contribution in [2.24, 2.45) is 0 Å². The van der Waals surface area contributed by atoms with Crippen molar-refractivity contribution < 1.29 is 4.79 Å². The Labute approximate surface area is 138 Å². The lowest BCUT2D eigenvalue weighted by molar-refractivity contribution is -0.114. The van der Waals surface area contributed by atoms with Crippen LogP contribution in [0.15, 0.2) is 36.4 Å². The molecule has 1 amide bonds. The number of hydrogen-bond acceptors (Lipinski definition) is 2. The van der Waals surface area contributed by atoms with Gasteiger partial charge in [-0.15, -0.1) is 0 Å². The van der Waals surface area contributed by atoms with E-state index in [-0.39, 0.29) is 12.5 Å². The van der Waals surface area contributed by atoms with Gasteiger partial charge in [-0.3, -0.25) is 4.79 Å². The first-order valence-corrected chi connectivity index (χ1v) is 7.33. The lowest BCUT2D eigenvalue weighted by Gasteiger charge is -2.10. The van der Waals surface area contributed by atoms with Crippen LogP contribution in [0, 0.1) is 6.92 Å². The van der Waals surface area contributed by atoms with Crippen LogP contribution in [0.25, 0.3) is 0 Å². The van der Waals surface area contributed by atoms with E-state index in [1.54, 1.807) is 24.3 Å². The Morgan fingerprint density at radius 3 is 2.29 bits per heavy atom. The third-order valence-electron chi connectivity index (χ3n) is 2.77. The molecule has 110 valence electrons. The van der Waals surface area contributed by atoms with Gasteiger partial charge in [0.15, 0.2) is 0 Å². The molecule has 2 rings (SSSR count). The average Bonchev–Trinajstić information content (AvgIpc) is 2.36. The van der Waals surface area contributed by atoms with Crippen LogP contribution >= 0.6 is 34.8 Å². The van der Waals surface area contributed by atoms with Gasteiger partial charge in [-0.2, -0.15) is 0 Å². The third kappa shape index (κ3) is 4.81. The second kappa shape index (κ2) is 7.03. The Morgan fingerprint density at radius 1 is 1.00 bits per heavy atom. The fraction of sp³-hybridized carbons (Fsp3) is 0.133. The highest BCUT2D eigenvalue weighted by molar-refractivity contribution is 6.35. The van der Waals surface area contributed by atoms with Crippen molar-refractivity contribution in [2.45, 2.75) is 6.92 Å². The minimum atomic E-state index is -0.192. The maximum absolute atomic E-state index is 11.9. The summed E-state index contributed by atoms with van der Waals surface area (Å²) < 4.78 is 0. The summed E-state index contributed by atoms with van der Waals surface area (Å²) in [5.41, 5.74) is 2.40. The zero-order chi connectivity index (χ0) is 15.4. The van der Waals surface area contributed by atoms with Crippen LogP contribution in [-0.4, -0.2) is 12.5 Å². The van der Waals surface area contributed by atoms with Crippen LogP contribution in [0.5, 0.6) is 0 Å². The standard InChI is InChI=1S/C15H13Cl3N2O/c1-9-4-10(16)2-3-14(9)19-8-15(21)20-13-6-11(17)5-12(18)7-13/h2-7,19H,8H2,1H3,(H,20,21). The van der Waals surface area contributed by atoms with Crippen LogP contribution in [0.4, 0.5) is 11.4 Å². The molecule has 3 nitrogen and oxygen atoms in total. The van der Waals surface area contributed by atoms with Gasteiger partial charge in [0, 0.05) is 26.4 Å². The van der Waals surface area contributed by atoms with Crippen molar-refractivity contribution in [1.82, 2.24) is 0 Å². The molecule has 0 fully saturated rings. The largest absolute Gasteiger partial charge is 0.376 e. The van der Waals surface area contributed by atoms with E-state index in [1.807, 2.05) is 19.1 Å². The number of amides is 1. The summed E-state index contributed by atoms with van der Waals surface area (Å²) in [6, 6.07) is 10.3. The molecule has 0 aliphatic rings. The first-order valence-electron chi connectivity index (χ1n) is 6.20. The third-order valence-corrected chi connectivity index (χ3v) is 3.45. The van der Waals surface area contributed by atoms with Crippen molar-refractivity contribution in [3.05, 3.63) is 57.0 Å². The molecule has 21 heavy (non-hydrogen) atoms. The molecule has 2 N–H and O–H groups in total. The highest BCUT2D eigenvalue weighted by atomic mass is 35.5. The molecular formula is C15H13Cl3N2O. The van der Waals surface area contributed by atoms with Crippen molar-refractivity contribution in [1.29, 1.82) is 0 Å². The summed E-state index contributed by atoms with van der Waals surface area (Å²) in [6.07, 6.45) is 0. The summed E-state index contributed by atoms with van der Waals surface area (Å²) in [4.78, 5) is 11.9. The second-order valence-electron chi connectivity index (χ2n) is 4.52. The molecule has 6 heteroatoms. The van der Waals surface area contributed by atoms with Crippen LogP contribution in [-0.2, 0) is 4.79 Å². The van der Waals surface area contributed by atoms with E-state index >= 15 is 0 Å². The molecule has 0 radical (unpaired) electrons. The van der Waals surface area contributed by atoms with Crippen molar-refractivity contribution in [3.8, 4) is 0 Å². The number of aryl methyl sites for hydroxylation is 1. The quantitative estimate of drug-likeness (QED) is 0.819. The highest BCUT2D eigenvalue weighted by Crippen LogP contribution is 2.22. The van der Waals surface area contributed by atoms with Crippen LogP contribution in [0.1, 0.15) is 5.56 Å². The predicted octanol–water partition coefficient (Wildman–Crippen LogP) is 5.01. The van der Waals surface area contributed by atoms with Gasteiger partial charge in [-0.05, 0) is 48.9 Å². The molecule has 0 aliphatic heterocycles. The van der Waals surface area contributed by atoms with E-state index in [0.717, 1.165) is 11.3 Å². The number of benzene rings is 2. The Bertz CT molecular complexity index is 654. The van der Waals surface area contributed by atoms with Gasteiger partial charge in [0.1, 0.15) is 0 Å². The summed E-state index contributed by atoms with van der Waals surface area (Å²) in [7, 11) is 0. The normalized spacial score (nSPS) is 10.3. The maximum Gasteiger partial charge on any atom is 0.243 e. The molecule has 2 aromatic carbocycles. The first-order chi connectivity index (χ1) is 9.94. The van der Waals surface area contributed by atoms with Gasteiger partial charge in [-0.1, -0.05) is 34.8 Å². The lowest BCUT2D eigenvalue weighted by Crippen LogP contribution is -2.22. The first kappa shape index (κ1) is 16.0. The molecule has 0 atom stereocenters. The number of carbonyl (C=O) groups excluding carboxylic acids is 1. The molecule has 0 bridgehead atoms. The Hall–Kier alpha value is -1.42. The topological polar surface area (TPSA) is 41.1 Å². The molecule has 0 unspecified atom stereocenters. The van der Waals surface area contributed by atoms with E-state index in [4.69, 9.17) is 34.8 Å². The van der Waals surface area contributed by atoms with Gasteiger partial charge in [0.05, 0.1) is 6.54 Å². The molecule has 0 spiro atoms. The summed E-state index contributed by atoms with van der Waals surface area (Å²) >= 11 is 17.6. The fourth-order valence-corrected chi connectivity index (χ4v) is 2.58. The van der Waals surface area contributed by atoms with Crippen molar-refractivity contribution in [2.75, 3.05) is 17.2 Å². The molecule has 0 saturated carbocycles. The van der Waals surface area contributed by atoms with E-state index in [2.05, 4.69) is 10.6 Å². The monoisotopic (exact) mass is 342 g/mol. The van der Waals surface area contributed by atoms with Crippen LogP contribution < -0.4 is 10.6 Å². The van der Waals surface area contributed by atoms with Crippen LogP contribution in [0.2, 0.25) is 15.1 Å². The van der Waals surface area contributed by atoms with E-state index in [0.29, 0.717) is 20.8 Å². The molecule has 2 aromatic rings. The van der Waals surface area contributed by atoms with Crippen molar-refractivity contribution >= 4 is 52.1 Å². The average molecular weight is 344 g/mol. The summed E-state index contributed by atoms with van der Waals surface area (Å²) in [5, 5.41) is 7.39. The number of halogens is 3. The van der Waals surface area contributed by atoms with E-state index in [1.165, 1.54) is 0 Å². The summed E-state index contributed by atoms with van der Waals surface area (Å²) in [6.45, 7) is 2.05. The smallest absolute Gasteiger partial charge is 0.243 e. The molecule has 0 aliphatic carbocycles. The Morgan fingerprint density at radius 2 is 1.67 bits per heavy atom. The SMILES string of the molecule is Cc1cc(Cl)ccc1NCC(=O)Nc1cc(Cl)cc(Cl)c1. The van der Waals surface area contributed by atoms with Gasteiger partial charge in [-0.25, -0.2) is 0 Å². The molecule has 0 heterocycles. The fourth-order valence-electron chi connectivity index (χ4n) is 1.83. The van der Waals surface area contributed by atoms with Crippen molar-refractivity contribution in [3.63, 3.8) is 0 Å². The zero-order valence-electron chi connectivity index (χ0n) is 11.2. The second-order valence-corrected chi connectivity index (χ2v) is 5.83. The number of anilines is 2. The maximum atomic E-state index is 11.9. The Kier molecular flexibility index (Phi) is 5.34. The minimum absolute atomic E-state index is 0.132. The number of carbonyl (C=O) groups is 1. The number of hydrogen-bond donors (Lipinski definition) is 2. The number of nitrogens with one attached hydrogen (secondary N) is 2. The molecular weight excluding hydrogens is 331 g/mol. The zero-order valence-corrected chi connectivity index (χ0v) is 13.5. The van der Waals surface area contributed by atoms with Gasteiger partial charge in [0.2, 0.25) is 5.91 Å². The van der Waals surface area contributed by atoms with Gasteiger partial charge >= 0.3 is 0 Å². The van der Waals surface area contributed by atoms with Gasteiger partial charge in [0.25, 0.3) is 0 Å². The molecule has 0 aromatic heterocycles. The Balaban J connectivity index is 1.95. The lowest BCUT2D eigenvalue weighted by atomic mass is 10.2.